The molecule has 0 bridgehead atoms. The Morgan fingerprint density at radius 2 is 1.97 bits per heavy atom. The Morgan fingerprint density at radius 3 is 2.68 bits per heavy atom. The maximum absolute atomic E-state index is 13.1. The van der Waals surface area contributed by atoms with E-state index in [9.17, 15) is 14.0 Å². The second-order valence-electron chi connectivity index (χ2n) is 7.69. The van der Waals surface area contributed by atoms with Crippen LogP contribution >= 0.6 is 0 Å². The molecule has 31 heavy (non-hydrogen) atoms. The van der Waals surface area contributed by atoms with E-state index in [0.717, 1.165) is 22.1 Å². The summed E-state index contributed by atoms with van der Waals surface area (Å²) in [6, 6.07) is 5.41. The first-order valence-electron chi connectivity index (χ1n) is 10.0. The van der Waals surface area contributed by atoms with Gasteiger partial charge in [-0.3, -0.25) is 14.6 Å². The van der Waals surface area contributed by atoms with Crippen LogP contribution in [0.5, 0.6) is 0 Å². The fourth-order valence-electron chi connectivity index (χ4n) is 3.66. The lowest BCUT2D eigenvalue weighted by atomic mass is 10.0. The van der Waals surface area contributed by atoms with Crippen LogP contribution < -0.4 is 5.32 Å². The van der Waals surface area contributed by atoms with Gasteiger partial charge in [-0.05, 0) is 31.0 Å². The molecule has 4 aromatic heterocycles. The number of rotatable bonds is 5. The molecule has 1 fully saturated rings. The highest BCUT2D eigenvalue weighted by atomic mass is 19.1. The summed E-state index contributed by atoms with van der Waals surface area (Å²) >= 11 is 0. The molecule has 0 saturated heterocycles. The second-order valence-corrected chi connectivity index (χ2v) is 7.69. The fourth-order valence-corrected chi connectivity index (χ4v) is 3.66. The van der Waals surface area contributed by atoms with Crippen LogP contribution in [0.1, 0.15) is 35.8 Å². The minimum atomic E-state index is -1.07. The number of carbonyl (C=O) groups excluding carboxylic acids is 2. The van der Waals surface area contributed by atoms with Gasteiger partial charge < -0.3 is 5.32 Å². The van der Waals surface area contributed by atoms with Gasteiger partial charge in [0.15, 0.2) is 11.4 Å². The van der Waals surface area contributed by atoms with Crippen molar-refractivity contribution in [1.82, 2.24) is 24.6 Å². The maximum atomic E-state index is 13.1. The van der Waals surface area contributed by atoms with Gasteiger partial charge in [-0.25, -0.2) is 18.9 Å². The van der Waals surface area contributed by atoms with Gasteiger partial charge in [-0.1, -0.05) is 6.92 Å². The number of amides is 1. The summed E-state index contributed by atoms with van der Waals surface area (Å²) in [5, 5.41) is 7.79. The Bertz CT molecular complexity index is 1370. The predicted molar refractivity (Wildman–Crippen MR) is 113 cm³/mol. The van der Waals surface area contributed by atoms with Crippen molar-refractivity contribution in [1.29, 1.82) is 0 Å². The molecule has 9 heteroatoms. The number of Topliss-reactive ketones (excluding diaryl/α,β-unsaturated/α-hetero) is 1. The van der Waals surface area contributed by atoms with Gasteiger partial charge in [0.25, 0.3) is 0 Å². The Hall–Kier alpha value is -3.75. The van der Waals surface area contributed by atoms with Gasteiger partial charge in [0.05, 0.1) is 11.4 Å². The lowest BCUT2D eigenvalue weighted by Gasteiger charge is -2.11. The molecule has 156 valence electrons. The number of ketones is 1. The van der Waals surface area contributed by atoms with Crippen molar-refractivity contribution in [3.05, 3.63) is 48.2 Å². The molecular formula is C22H19FN6O2. The number of fused-ring (bicyclic) bond motifs is 3. The van der Waals surface area contributed by atoms with Crippen LogP contribution in [0.3, 0.4) is 0 Å². The summed E-state index contributed by atoms with van der Waals surface area (Å²) in [6.07, 6.45) is 4.35. The standard InChI is InChI=1S/C22H19FN6O2/c1-3-19(30)17-4-11(2)15(9-24-17)13-5-12-8-25-20(28-22(31)14-6-16(14)23)7-18(12)29-21(13)26-10-27-29/h4-5,7-10,14,16H,3,6H2,1-2H3,(H,25,28,31)/t14-,16+/m0/s1. The lowest BCUT2D eigenvalue weighted by molar-refractivity contribution is -0.117. The molecule has 0 radical (unpaired) electrons. The third-order valence-electron chi connectivity index (χ3n) is 5.54. The molecular weight excluding hydrogens is 399 g/mol. The highest BCUT2D eigenvalue weighted by Gasteiger charge is 2.43. The second kappa shape index (κ2) is 7.19. The number of nitrogens with zero attached hydrogens (tertiary/aromatic N) is 5. The normalized spacial score (nSPS) is 17.8. The van der Waals surface area contributed by atoms with Crippen molar-refractivity contribution in [2.75, 3.05) is 5.32 Å². The maximum Gasteiger partial charge on any atom is 0.231 e. The van der Waals surface area contributed by atoms with Gasteiger partial charge in [0.2, 0.25) is 5.91 Å². The van der Waals surface area contributed by atoms with E-state index in [1.165, 1.54) is 6.33 Å². The number of nitrogens with one attached hydrogen (secondary N) is 1. The van der Waals surface area contributed by atoms with E-state index in [1.54, 1.807) is 36.0 Å². The number of carbonyl (C=O) groups is 2. The van der Waals surface area contributed by atoms with E-state index in [0.29, 0.717) is 29.1 Å². The van der Waals surface area contributed by atoms with Crippen molar-refractivity contribution in [2.45, 2.75) is 32.9 Å². The van der Waals surface area contributed by atoms with Crippen molar-refractivity contribution < 1.29 is 14.0 Å². The average molecular weight is 418 g/mol. The van der Waals surface area contributed by atoms with Crippen LogP contribution in [-0.2, 0) is 4.79 Å². The van der Waals surface area contributed by atoms with Crippen molar-refractivity contribution in [3.8, 4) is 11.1 Å². The zero-order valence-corrected chi connectivity index (χ0v) is 17.0. The topological polar surface area (TPSA) is 102 Å². The van der Waals surface area contributed by atoms with E-state index in [1.807, 2.05) is 13.0 Å². The third kappa shape index (κ3) is 3.31. The molecule has 5 rings (SSSR count). The molecule has 4 aromatic rings. The van der Waals surface area contributed by atoms with Crippen molar-refractivity contribution >= 4 is 34.1 Å². The van der Waals surface area contributed by atoms with Crippen LogP contribution in [-0.4, -0.2) is 42.4 Å². The van der Waals surface area contributed by atoms with Gasteiger partial charge in [-0.15, -0.1) is 0 Å². The van der Waals surface area contributed by atoms with E-state index < -0.39 is 12.1 Å². The monoisotopic (exact) mass is 418 g/mol. The van der Waals surface area contributed by atoms with Crippen LogP contribution in [0.15, 0.2) is 36.9 Å². The summed E-state index contributed by atoms with van der Waals surface area (Å²) in [5.41, 5.74) is 4.31. The van der Waals surface area contributed by atoms with Crippen LogP contribution in [0, 0.1) is 12.8 Å². The molecule has 1 saturated carbocycles. The predicted octanol–water partition coefficient (Wildman–Crippen LogP) is 3.54. The number of aromatic nitrogens is 5. The number of alkyl halides is 1. The summed E-state index contributed by atoms with van der Waals surface area (Å²) in [4.78, 5) is 37.1. The fraction of sp³-hybridized carbons (Fsp3) is 0.273. The number of pyridine rings is 3. The molecule has 1 aliphatic rings. The minimum absolute atomic E-state index is 0.00941. The molecule has 0 spiro atoms. The molecule has 8 nitrogen and oxygen atoms in total. The highest BCUT2D eigenvalue weighted by molar-refractivity contribution is 5.98. The van der Waals surface area contributed by atoms with Crippen LogP contribution in [0.25, 0.3) is 27.7 Å². The number of hydrogen-bond donors (Lipinski definition) is 1. The molecule has 4 heterocycles. The van der Waals surface area contributed by atoms with Gasteiger partial charge in [-0.2, -0.15) is 5.10 Å². The number of hydrogen-bond acceptors (Lipinski definition) is 6. The first-order valence-corrected chi connectivity index (χ1v) is 10.0. The molecule has 1 N–H and O–H groups in total. The summed E-state index contributed by atoms with van der Waals surface area (Å²) in [5.74, 6) is -0.634. The molecule has 0 unspecified atom stereocenters. The summed E-state index contributed by atoms with van der Waals surface area (Å²) in [6.45, 7) is 3.73. The number of aryl methyl sites for hydroxylation is 1. The van der Waals surface area contributed by atoms with Crippen LogP contribution in [0.4, 0.5) is 10.2 Å². The number of anilines is 1. The first kappa shape index (κ1) is 19.2. The van der Waals surface area contributed by atoms with Crippen molar-refractivity contribution in [2.24, 2.45) is 5.92 Å². The van der Waals surface area contributed by atoms with E-state index >= 15 is 0 Å². The molecule has 0 aromatic carbocycles. The zero-order valence-electron chi connectivity index (χ0n) is 17.0. The molecule has 1 amide bonds. The molecule has 0 aliphatic heterocycles. The summed E-state index contributed by atoms with van der Waals surface area (Å²) < 4.78 is 14.8. The highest BCUT2D eigenvalue weighted by Crippen LogP contribution is 2.35. The quantitative estimate of drug-likeness (QED) is 0.498. The van der Waals surface area contributed by atoms with Gasteiger partial charge >= 0.3 is 0 Å². The first-order chi connectivity index (χ1) is 15.0. The Morgan fingerprint density at radius 1 is 1.16 bits per heavy atom. The van der Waals surface area contributed by atoms with E-state index in [4.69, 9.17) is 0 Å². The van der Waals surface area contributed by atoms with E-state index in [-0.39, 0.29) is 18.1 Å². The van der Waals surface area contributed by atoms with Gasteiger partial charge in [0.1, 0.15) is 24.0 Å². The largest absolute Gasteiger partial charge is 0.310 e. The Labute approximate surface area is 176 Å². The lowest BCUT2D eigenvalue weighted by Crippen LogP contribution is -2.16. The smallest absolute Gasteiger partial charge is 0.231 e. The Kier molecular flexibility index (Phi) is 4.46. The molecule has 1 aliphatic carbocycles. The van der Waals surface area contributed by atoms with Gasteiger partial charge in [0, 0.05) is 41.4 Å². The summed E-state index contributed by atoms with van der Waals surface area (Å²) in [7, 11) is 0. The van der Waals surface area contributed by atoms with Crippen molar-refractivity contribution in [3.63, 3.8) is 0 Å². The third-order valence-corrected chi connectivity index (χ3v) is 5.54. The van der Waals surface area contributed by atoms with E-state index in [2.05, 4.69) is 25.4 Å². The number of halogens is 1. The molecule has 2 atom stereocenters. The zero-order chi connectivity index (χ0) is 21.7. The average Bonchev–Trinajstić information content (AvgIpc) is 3.30. The SMILES string of the molecule is CCC(=O)c1cc(C)c(-c2cc3cnc(NC(=O)[C@H]4C[C@H]4F)cc3n3ncnc23)cn1. The van der Waals surface area contributed by atoms with Crippen LogP contribution in [0.2, 0.25) is 0 Å². The minimum Gasteiger partial charge on any atom is -0.310 e. The Balaban J connectivity index is 1.59.